The van der Waals surface area contributed by atoms with E-state index in [0.717, 1.165) is 55.1 Å². The predicted molar refractivity (Wildman–Crippen MR) is 126 cm³/mol. The molecule has 0 bridgehead atoms. The average molecular weight is 432 g/mol. The Morgan fingerprint density at radius 1 is 1.28 bits per heavy atom. The van der Waals surface area contributed by atoms with E-state index in [0.29, 0.717) is 23.7 Å². The molecule has 0 atom stereocenters. The van der Waals surface area contributed by atoms with Gasteiger partial charge in [0.05, 0.1) is 17.1 Å². The van der Waals surface area contributed by atoms with E-state index in [-0.39, 0.29) is 5.91 Å². The van der Waals surface area contributed by atoms with E-state index >= 15 is 0 Å². The van der Waals surface area contributed by atoms with Gasteiger partial charge in [-0.2, -0.15) is 0 Å². The number of fused-ring (bicyclic) bond motifs is 1. The van der Waals surface area contributed by atoms with Gasteiger partial charge in [0.1, 0.15) is 11.4 Å². The number of hydrogen-bond donors (Lipinski definition) is 2. The molecule has 1 saturated heterocycles. The van der Waals surface area contributed by atoms with E-state index in [4.69, 9.17) is 0 Å². The van der Waals surface area contributed by atoms with Crippen molar-refractivity contribution in [2.45, 2.75) is 45.6 Å². The van der Waals surface area contributed by atoms with E-state index in [1.165, 1.54) is 11.1 Å². The van der Waals surface area contributed by atoms with Crippen LogP contribution >= 0.6 is 0 Å². The highest BCUT2D eigenvalue weighted by Crippen LogP contribution is 2.33. The quantitative estimate of drug-likeness (QED) is 0.704. The van der Waals surface area contributed by atoms with E-state index in [1.807, 2.05) is 32.1 Å². The third-order valence-electron chi connectivity index (χ3n) is 6.31. The molecule has 0 aliphatic carbocycles. The van der Waals surface area contributed by atoms with Crippen LogP contribution in [0.15, 0.2) is 41.2 Å². The Hall–Kier alpha value is -3.28. The van der Waals surface area contributed by atoms with Crippen molar-refractivity contribution in [3.8, 4) is 0 Å². The summed E-state index contributed by atoms with van der Waals surface area (Å²) in [5.41, 5.74) is 6.74. The number of hydrogen-bond acceptors (Lipinski definition) is 6. The fourth-order valence-electron chi connectivity index (χ4n) is 4.49. The number of pyridine rings is 1. The molecule has 4 rings (SSSR count). The van der Waals surface area contributed by atoms with Gasteiger partial charge in [0, 0.05) is 19.8 Å². The number of nitrogens with one attached hydrogen (secondary N) is 2. The number of aromatic nitrogens is 1. The highest BCUT2D eigenvalue weighted by molar-refractivity contribution is 6.12. The van der Waals surface area contributed by atoms with Crippen LogP contribution in [-0.2, 0) is 11.3 Å². The number of nitrogens with zero attached hydrogens (tertiary/aromatic N) is 3. The Balaban J connectivity index is 1.39. The van der Waals surface area contributed by atoms with Crippen LogP contribution < -0.4 is 10.6 Å². The van der Waals surface area contributed by atoms with Gasteiger partial charge in [-0.25, -0.2) is 9.79 Å². The SMILES string of the molecule is CCC1=Nc2ccc(CN3CCC(c4cnc(C(=O)NC)c(C)c4)CC3)cc2NC1=C=O. The molecule has 0 unspecified atom stereocenters. The first kappa shape index (κ1) is 21.9. The van der Waals surface area contributed by atoms with Crippen molar-refractivity contribution in [2.24, 2.45) is 4.99 Å². The summed E-state index contributed by atoms with van der Waals surface area (Å²) in [6, 6.07) is 8.32. The molecular weight excluding hydrogens is 402 g/mol. The Kier molecular flexibility index (Phi) is 6.49. The minimum atomic E-state index is -0.143. The van der Waals surface area contributed by atoms with Crippen LogP contribution in [0.2, 0.25) is 0 Å². The monoisotopic (exact) mass is 431 g/mol. The number of anilines is 1. The van der Waals surface area contributed by atoms with Crippen molar-refractivity contribution in [3.63, 3.8) is 0 Å². The van der Waals surface area contributed by atoms with Gasteiger partial charge in [-0.15, -0.1) is 0 Å². The molecule has 0 spiro atoms. The molecule has 2 N–H and O–H groups in total. The van der Waals surface area contributed by atoms with E-state index in [9.17, 15) is 9.59 Å². The van der Waals surface area contributed by atoms with Crippen LogP contribution in [0.1, 0.15) is 59.3 Å². The van der Waals surface area contributed by atoms with Crippen LogP contribution in [0.25, 0.3) is 0 Å². The number of likely N-dealkylation sites (tertiary alicyclic amines) is 1. The summed E-state index contributed by atoms with van der Waals surface area (Å²) in [5, 5.41) is 5.82. The van der Waals surface area contributed by atoms with Crippen molar-refractivity contribution < 1.29 is 9.59 Å². The zero-order valence-corrected chi connectivity index (χ0v) is 18.9. The lowest BCUT2D eigenvalue weighted by molar-refractivity contribution is 0.0957. The molecule has 0 saturated carbocycles. The minimum absolute atomic E-state index is 0.143. The van der Waals surface area contributed by atoms with Gasteiger partial charge in [0.25, 0.3) is 5.91 Å². The molecule has 2 aliphatic rings. The first-order valence-electron chi connectivity index (χ1n) is 11.2. The summed E-state index contributed by atoms with van der Waals surface area (Å²) in [7, 11) is 1.62. The van der Waals surface area contributed by atoms with Crippen molar-refractivity contribution in [1.29, 1.82) is 0 Å². The van der Waals surface area contributed by atoms with Crippen LogP contribution in [0, 0.1) is 6.92 Å². The molecule has 166 valence electrons. The van der Waals surface area contributed by atoms with Crippen LogP contribution in [0.5, 0.6) is 0 Å². The highest BCUT2D eigenvalue weighted by atomic mass is 16.1. The summed E-state index contributed by atoms with van der Waals surface area (Å²) in [6.07, 6.45) is 4.67. The first-order chi connectivity index (χ1) is 15.5. The average Bonchev–Trinajstić information content (AvgIpc) is 2.83. The standard InChI is InChI=1S/C25H29N5O2/c1-4-20-23(15-31)29-22-12-17(5-6-21(22)28-20)14-30-9-7-18(8-10-30)19-11-16(2)24(27-13-19)25(32)26-3/h5-6,11-13,18,29H,4,7-10,14H2,1-3H3,(H,26,32). The molecule has 1 fully saturated rings. The first-order valence-corrected chi connectivity index (χ1v) is 11.2. The van der Waals surface area contributed by atoms with Crippen LogP contribution in [-0.4, -0.2) is 47.6 Å². The molecule has 7 nitrogen and oxygen atoms in total. The molecule has 3 heterocycles. The lowest BCUT2D eigenvalue weighted by Crippen LogP contribution is -2.32. The number of piperidine rings is 1. The Labute approximate surface area is 188 Å². The molecule has 1 amide bonds. The van der Waals surface area contributed by atoms with E-state index < -0.39 is 0 Å². The zero-order chi connectivity index (χ0) is 22.7. The van der Waals surface area contributed by atoms with Crippen molar-refractivity contribution >= 4 is 28.9 Å². The number of aliphatic imine (C=N–C) groups is 1. The second-order valence-corrected chi connectivity index (χ2v) is 8.43. The van der Waals surface area contributed by atoms with Gasteiger partial charge in [0.2, 0.25) is 0 Å². The minimum Gasteiger partial charge on any atom is -0.354 e. The second-order valence-electron chi connectivity index (χ2n) is 8.43. The molecule has 32 heavy (non-hydrogen) atoms. The number of rotatable bonds is 5. The maximum atomic E-state index is 11.9. The molecule has 7 heteroatoms. The van der Waals surface area contributed by atoms with Crippen LogP contribution in [0.4, 0.5) is 11.4 Å². The van der Waals surface area contributed by atoms with Gasteiger partial charge >= 0.3 is 0 Å². The molecule has 2 aromatic rings. The van der Waals surface area contributed by atoms with Gasteiger partial charge in [-0.1, -0.05) is 19.1 Å². The maximum Gasteiger partial charge on any atom is 0.269 e. The maximum absolute atomic E-state index is 11.9. The lowest BCUT2D eigenvalue weighted by Gasteiger charge is -2.32. The normalized spacial score (nSPS) is 16.6. The van der Waals surface area contributed by atoms with E-state index in [1.54, 1.807) is 7.05 Å². The summed E-state index contributed by atoms with van der Waals surface area (Å²) in [4.78, 5) is 34.6. The third-order valence-corrected chi connectivity index (χ3v) is 6.31. The van der Waals surface area contributed by atoms with Gasteiger partial charge < -0.3 is 10.6 Å². The molecule has 1 aromatic heterocycles. The van der Waals surface area contributed by atoms with E-state index in [2.05, 4.69) is 43.7 Å². The smallest absolute Gasteiger partial charge is 0.269 e. The number of benzene rings is 1. The third kappa shape index (κ3) is 4.49. The van der Waals surface area contributed by atoms with Gasteiger partial charge in [-0.3, -0.25) is 14.7 Å². The number of aryl methyl sites for hydroxylation is 1. The molecular formula is C25H29N5O2. The highest BCUT2D eigenvalue weighted by Gasteiger charge is 2.23. The van der Waals surface area contributed by atoms with Crippen molar-refractivity contribution in [2.75, 3.05) is 25.5 Å². The Bertz CT molecular complexity index is 1110. The lowest BCUT2D eigenvalue weighted by atomic mass is 9.89. The fraction of sp³-hybridized carbons (Fsp3) is 0.400. The summed E-state index contributed by atoms with van der Waals surface area (Å²) in [5.74, 6) is 2.29. The molecule has 0 radical (unpaired) electrons. The number of allylic oxidation sites excluding steroid dienone is 1. The summed E-state index contributed by atoms with van der Waals surface area (Å²) in [6.45, 7) is 6.79. The molecule has 2 aliphatic heterocycles. The predicted octanol–water partition coefficient (Wildman–Crippen LogP) is 3.75. The summed E-state index contributed by atoms with van der Waals surface area (Å²) < 4.78 is 0. The Morgan fingerprint density at radius 2 is 2.06 bits per heavy atom. The number of carbonyl (C=O) groups excluding carboxylic acids is 2. The largest absolute Gasteiger partial charge is 0.354 e. The zero-order valence-electron chi connectivity index (χ0n) is 18.9. The van der Waals surface area contributed by atoms with Gasteiger partial charge in [-0.05, 0) is 74.0 Å². The summed E-state index contributed by atoms with van der Waals surface area (Å²) >= 11 is 0. The Morgan fingerprint density at radius 3 is 2.72 bits per heavy atom. The van der Waals surface area contributed by atoms with Crippen molar-refractivity contribution in [3.05, 3.63) is 58.5 Å². The second kappa shape index (κ2) is 9.47. The fourth-order valence-corrected chi connectivity index (χ4v) is 4.49. The van der Waals surface area contributed by atoms with Crippen LogP contribution in [0.3, 0.4) is 0 Å². The number of carbonyl (C=O) groups is 1. The van der Waals surface area contributed by atoms with Gasteiger partial charge in [0.15, 0.2) is 5.94 Å². The number of amides is 1. The molecule has 1 aromatic carbocycles. The van der Waals surface area contributed by atoms with Crippen molar-refractivity contribution in [1.82, 2.24) is 15.2 Å². The topological polar surface area (TPSA) is 86.7 Å².